The first-order chi connectivity index (χ1) is 15.9. The van der Waals surface area contributed by atoms with E-state index in [0.29, 0.717) is 33.4 Å². The molecule has 166 valence electrons. The Bertz CT molecular complexity index is 1580. The number of carbonyl (C=O) groups excluding carboxylic acids is 1. The molecule has 0 saturated heterocycles. The first-order valence-electron chi connectivity index (χ1n) is 10.3. The fourth-order valence-electron chi connectivity index (χ4n) is 3.70. The van der Waals surface area contributed by atoms with Crippen molar-refractivity contribution in [3.63, 3.8) is 0 Å². The second-order valence-corrected chi connectivity index (χ2v) is 8.60. The van der Waals surface area contributed by atoms with E-state index >= 15 is 0 Å². The fraction of sp³-hybridized carbons (Fsp3) is 0.174. The number of para-hydroxylation sites is 1. The molecule has 0 aliphatic heterocycles. The number of rotatable bonds is 5. The van der Waals surface area contributed by atoms with Gasteiger partial charge in [-0.15, -0.1) is 10.2 Å². The van der Waals surface area contributed by atoms with E-state index < -0.39 is 0 Å². The molecule has 1 N–H and O–H groups in total. The lowest BCUT2D eigenvalue weighted by Gasteiger charge is -2.14. The van der Waals surface area contributed by atoms with E-state index in [9.17, 15) is 9.59 Å². The molecule has 5 rings (SSSR count). The number of hydrogen-bond donors (Lipinski definition) is 1. The molecule has 1 amide bonds. The number of anilines is 1. The first-order valence-corrected chi connectivity index (χ1v) is 11.2. The predicted molar refractivity (Wildman–Crippen MR) is 126 cm³/mol. The molecule has 0 radical (unpaired) electrons. The summed E-state index contributed by atoms with van der Waals surface area (Å²) in [6.45, 7) is 5.73. The van der Waals surface area contributed by atoms with Gasteiger partial charge >= 0.3 is 0 Å². The van der Waals surface area contributed by atoms with Crippen LogP contribution in [0, 0.1) is 20.8 Å². The zero-order chi connectivity index (χ0) is 23.1. The van der Waals surface area contributed by atoms with Crippen LogP contribution in [0.2, 0.25) is 0 Å². The summed E-state index contributed by atoms with van der Waals surface area (Å²) in [7, 11) is 0. The largest absolute Gasteiger partial charge is 0.360 e. The van der Waals surface area contributed by atoms with E-state index in [4.69, 9.17) is 4.52 Å². The van der Waals surface area contributed by atoms with Gasteiger partial charge in [0.15, 0.2) is 11.0 Å². The molecule has 0 fully saturated rings. The highest BCUT2D eigenvalue weighted by atomic mass is 32.2. The molecule has 3 heterocycles. The van der Waals surface area contributed by atoms with Gasteiger partial charge in [-0.25, -0.2) is 4.57 Å². The molecular weight excluding hydrogens is 440 g/mol. The van der Waals surface area contributed by atoms with Crippen molar-refractivity contribution in [1.82, 2.24) is 24.3 Å². The number of thioether (sulfide) groups is 1. The molecule has 2 aromatic carbocycles. The minimum Gasteiger partial charge on any atom is -0.360 e. The van der Waals surface area contributed by atoms with Gasteiger partial charge in [0.2, 0.25) is 11.7 Å². The van der Waals surface area contributed by atoms with Gasteiger partial charge in [0, 0.05) is 6.07 Å². The normalized spacial score (nSPS) is 11.4. The minimum absolute atomic E-state index is 0.0869. The lowest BCUT2D eigenvalue weighted by Crippen LogP contribution is -2.22. The molecule has 10 heteroatoms. The van der Waals surface area contributed by atoms with Crippen LogP contribution in [0.1, 0.15) is 16.9 Å². The predicted octanol–water partition coefficient (Wildman–Crippen LogP) is 3.68. The van der Waals surface area contributed by atoms with Crippen LogP contribution in [0.4, 0.5) is 5.82 Å². The Hall–Kier alpha value is -3.92. The van der Waals surface area contributed by atoms with Crippen molar-refractivity contribution in [3.05, 3.63) is 75.8 Å². The molecule has 0 aliphatic rings. The lowest BCUT2D eigenvalue weighted by atomic mass is 10.1. The maximum Gasteiger partial charge on any atom is 0.267 e. The highest BCUT2D eigenvalue weighted by Gasteiger charge is 2.20. The van der Waals surface area contributed by atoms with Crippen LogP contribution in [0.5, 0.6) is 0 Å². The van der Waals surface area contributed by atoms with Crippen LogP contribution >= 0.6 is 11.8 Å². The molecule has 33 heavy (non-hydrogen) atoms. The maximum absolute atomic E-state index is 13.5. The third kappa shape index (κ3) is 3.68. The smallest absolute Gasteiger partial charge is 0.267 e. The third-order valence-corrected chi connectivity index (χ3v) is 6.37. The highest BCUT2D eigenvalue weighted by molar-refractivity contribution is 7.99. The molecule has 0 atom stereocenters. The Balaban J connectivity index is 1.60. The van der Waals surface area contributed by atoms with Gasteiger partial charge in [0.05, 0.1) is 22.3 Å². The Labute approximate surface area is 192 Å². The van der Waals surface area contributed by atoms with E-state index in [1.807, 2.05) is 54.6 Å². The quantitative estimate of drug-likeness (QED) is 0.399. The van der Waals surface area contributed by atoms with Crippen molar-refractivity contribution in [2.24, 2.45) is 0 Å². The first kappa shape index (κ1) is 21.0. The molecule has 9 nitrogen and oxygen atoms in total. The van der Waals surface area contributed by atoms with E-state index in [1.165, 1.54) is 11.8 Å². The zero-order valence-corrected chi connectivity index (χ0v) is 19.0. The summed E-state index contributed by atoms with van der Waals surface area (Å²) in [6, 6.07) is 14.8. The zero-order valence-electron chi connectivity index (χ0n) is 18.2. The van der Waals surface area contributed by atoms with Gasteiger partial charge < -0.3 is 9.84 Å². The van der Waals surface area contributed by atoms with Crippen molar-refractivity contribution >= 4 is 40.2 Å². The van der Waals surface area contributed by atoms with E-state index in [1.54, 1.807) is 23.6 Å². The van der Waals surface area contributed by atoms with Gasteiger partial charge in [-0.2, -0.15) is 0 Å². The van der Waals surface area contributed by atoms with E-state index in [-0.39, 0.29) is 17.2 Å². The average molecular weight is 461 g/mol. The van der Waals surface area contributed by atoms with Gasteiger partial charge in [-0.05, 0) is 50.1 Å². The van der Waals surface area contributed by atoms with E-state index in [0.717, 1.165) is 16.8 Å². The maximum atomic E-state index is 13.5. The fourth-order valence-corrected chi connectivity index (χ4v) is 4.44. The Morgan fingerprint density at radius 3 is 2.70 bits per heavy atom. The number of aromatic nitrogens is 5. The second-order valence-electron chi connectivity index (χ2n) is 7.65. The van der Waals surface area contributed by atoms with Crippen molar-refractivity contribution in [2.45, 2.75) is 25.9 Å². The third-order valence-electron chi connectivity index (χ3n) is 5.44. The molecule has 0 aliphatic carbocycles. The number of nitrogens with one attached hydrogen (secondary N) is 1. The summed E-state index contributed by atoms with van der Waals surface area (Å²) in [4.78, 5) is 25.9. The number of benzene rings is 2. The van der Waals surface area contributed by atoms with Crippen molar-refractivity contribution in [1.29, 1.82) is 0 Å². The number of nitrogens with zero attached hydrogens (tertiary/aromatic N) is 5. The van der Waals surface area contributed by atoms with Crippen LogP contribution in [-0.4, -0.2) is 36.0 Å². The lowest BCUT2D eigenvalue weighted by molar-refractivity contribution is -0.113. The van der Waals surface area contributed by atoms with Crippen LogP contribution < -0.4 is 10.9 Å². The SMILES string of the molecule is Cc1cc(NC(=O)CSc2nnc3n(-c4cccc(C)c4C)c(=O)c4ccccc4n23)no1. The summed E-state index contributed by atoms with van der Waals surface area (Å²) in [5.41, 5.74) is 3.31. The highest BCUT2D eigenvalue weighted by Crippen LogP contribution is 2.25. The number of aryl methyl sites for hydroxylation is 2. The summed E-state index contributed by atoms with van der Waals surface area (Å²) in [5.74, 6) is 1.19. The standard InChI is InChI=1S/C23H20N6O3S/c1-13-7-6-10-17(15(13)3)28-21(31)16-8-4-5-9-18(16)29-22(28)25-26-23(29)33-12-20(30)24-19-11-14(2)32-27-19/h4-11H,12H2,1-3H3,(H,24,27,30). The summed E-state index contributed by atoms with van der Waals surface area (Å²) < 4.78 is 8.38. The Morgan fingerprint density at radius 2 is 1.91 bits per heavy atom. The molecule has 0 spiro atoms. The second kappa shape index (κ2) is 8.21. The summed E-state index contributed by atoms with van der Waals surface area (Å²) in [5, 5.41) is 16.2. The molecular formula is C23H20N6O3S. The molecule has 0 unspecified atom stereocenters. The number of fused-ring (bicyclic) bond motifs is 3. The van der Waals surface area contributed by atoms with Crippen LogP contribution in [-0.2, 0) is 4.79 Å². The average Bonchev–Trinajstić information content (AvgIpc) is 3.41. The van der Waals surface area contributed by atoms with Crippen LogP contribution in [0.3, 0.4) is 0 Å². The topological polar surface area (TPSA) is 107 Å². The van der Waals surface area contributed by atoms with Gasteiger partial charge in [-0.1, -0.05) is 41.2 Å². The number of hydrogen-bond acceptors (Lipinski definition) is 7. The van der Waals surface area contributed by atoms with Crippen molar-refractivity contribution in [2.75, 3.05) is 11.1 Å². The molecule has 0 bridgehead atoms. The van der Waals surface area contributed by atoms with Gasteiger partial charge in [0.1, 0.15) is 5.76 Å². The minimum atomic E-state index is -0.253. The summed E-state index contributed by atoms with van der Waals surface area (Å²) >= 11 is 1.23. The Morgan fingerprint density at radius 1 is 1.09 bits per heavy atom. The summed E-state index contributed by atoms with van der Waals surface area (Å²) in [6.07, 6.45) is 0. The van der Waals surface area contributed by atoms with Crippen LogP contribution in [0.25, 0.3) is 22.4 Å². The van der Waals surface area contributed by atoms with E-state index in [2.05, 4.69) is 20.7 Å². The molecule has 5 aromatic rings. The number of carbonyl (C=O) groups is 1. The van der Waals surface area contributed by atoms with Crippen LogP contribution in [0.15, 0.2) is 63.0 Å². The van der Waals surface area contributed by atoms with Crippen molar-refractivity contribution < 1.29 is 9.32 Å². The Kier molecular flexibility index (Phi) is 5.21. The van der Waals surface area contributed by atoms with Gasteiger partial charge in [-0.3, -0.25) is 14.0 Å². The van der Waals surface area contributed by atoms with Gasteiger partial charge in [0.25, 0.3) is 5.56 Å². The monoisotopic (exact) mass is 460 g/mol. The molecule has 3 aromatic heterocycles. The molecule has 0 saturated carbocycles. The number of amides is 1. The van der Waals surface area contributed by atoms with Crippen molar-refractivity contribution in [3.8, 4) is 5.69 Å².